The molecule has 0 bridgehead atoms. The Morgan fingerprint density at radius 1 is 1.35 bits per heavy atom. The number of aromatic nitrogens is 2. The first kappa shape index (κ1) is 15.1. The zero-order valence-electron chi connectivity index (χ0n) is 12.0. The second-order valence-corrected chi connectivity index (χ2v) is 6.04. The first-order valence-corrected chi connectivity index (χ1v) is 7.43. The maximum absolute atomic E-state index is 5.92. The van der Waals surface area contributed by atoms with E-state index in [-0.39, 0.29) is 5.92 Å². The molecule has 0 radical (unpaired) electrons. The van der Waals surface area contributed by atoms with Crippen molar-refractivity contribution in [1.29, 1.82) is 0 Å². The molecule has 0 amide bonds. The van der Waals surface area contributed by atoms with Crippen molar-refractivity contribution in [2.75, 3.05) is 13.7 Å². The fraction of sp³-hybridized carbons (Fsp3) is 0.400. The largest absolute Gasteiger partial charge is 0.497 e. The molecule has 1 aromatic heterocycles. The minimum atomic E-state index is 0.280. The van der Waals surface area contributed by atoms with Crippen LogP contribution in [0.2, 0.25) is 0 Å². The van der Waals surface area contributed by atoms with Crippen LogP contribution in [0, 0.1) is 5.92 Å². The van der Waals surface area contributed by atoms with Gasteiger partial charge in [0.15, 0.2) is 0 Å². The molecule has 108 valence electrons. The van der Waals surface area contributed by atoms with Crippen molar-refractivity contribution in [3.8, 4) is 11.4 Å². The van der Waals surface area contributed by atoms with Gasteiger partial charge in [0.25, 0.3) is 0 Å². The topological polar surface area (TPSA) is 53.1 Å². The molecule has 5 heteroatoms. The number of benzene rings is 1. The summed E-state index contributed by atoms with van der Waals surface area (Å²) < 4.78 is 8.37. The van der Waals surface area contributed by atoms with E-state index < -0.39 is 0 Å². The fourth-order valence-corrected chi connectivity index (χ4v) is 2.79. The van der Waals surface area contributed by atoms with Crippen LogP contribution in [-0.4, -0.2) is 23.2 Å². The lowest BCUT2D eigenvalue weighted by Crippen LogP contribution is -2.20. The first-order chi connectivity index (χ1) is 9.56. The number of imidazole rings is 1. The van der Waals surface area contributed by atoms with Gasteiger partial charge in [0, 0.05) is 34.9 Å². The molecular weight excluding hydrogens is 318 g/mol. The number of halogens is 1. The maximum Gasteiger partial charge on any atom is 0.122 e. The van der Waals surface area contributed by atoms with Crippen LogP contribution in [0.15, 0.2) is 35.2 Å². The second-order valence-electron chi connectivity index (χ2n) is 5.12. The summed E-state index contributed by atoms with van der Waals surface area (Å²) in [4.78, 5) is 4.29. The molecule has 1 unspecified atom stereocenters. The van der Waals surface area contributed by atoms with Crippen LogP contribution in [0.5, 0.6) is 5.75 Å². The van der Waals surface area contributed by atoms with Crippen molar-refractivity contribution >= 4 is 15.9 Å². The van der Waals surface area contributed by atoms with Crippen LogP contribution in [0.25, 0.3) is 5.69 Å². The van der Waals surface area contributed by atoms with Gasteiger partial charge in [-0.15, -0.1) is 0 Å². The van der Waals surface area contributed by atoms with E-state index in [1.165, 1.54) is 0 Å². The van der Waals surface area contributed by atoms with Crippen LogP contribution >= 0.6 is 15.9 Å². The molecule has 2 aromatic rings. The molecular formula is C15H20BrN3O. The van der Waals surface area contributed by atoms with Crippen LogP contribution in [0.3, 0.4) is 0 Å². The maximum atomic E-state index is 5.92. The van der Waals surface area contributed by atoms with Gasteiger partial charge in [0.1, 0.15) is 5.75 Å². The van der Waals surface area contributed by atoms with E-state index in [1.807, 2.05) is 30.7 Å². The zero-order valence-corrected chi connectivity index (χ0v) is 13.6. The zero-order chi connectivity index (χ0) is 14.7. The van der Waals surface area contributed by atoms with E-state index in [0.717, 1.165) is 21.6 Å². The molecule has 0 aliphatic rings. The molecule has 0 spiro atoms. The minimum absolute atomic E-state index is 0.280. The Morgan fingerprint density at radius 2 is 2.10 bits per heavy atom. The molecule has 0 saturated heterocycles. The van der Waals surface area contributed by atoms with Gasteiger partial charge in [0.2, 0.25) is 0 Å². The Morgan fingerprint density at radius 3 is 2.70 bits per heavy atom. The monoisotopic (exact) mass is 337 g/mol. The number of ether oxygens (including phenoxy) is 1. The second kappa shape index (κ2) is 6.41. The van der Waals surface area contributed by atoms with Crippen molar-refractivity contribution in [2.45, 2.75) is 19.8 Å². The summed E-state index contributed by atoms with van der Waals surface area (Å²) in [6.45, 7) is 4.96. The molecule has 1 aromatic carbocycles. The standard InChI is InChI=1S/C15H20BrN3O/c1-10(2)14(7-17)15-8-18-9-19(15)12-4-11(16)5-13(6-12)20-3/h4-6,8-10,14H,7,17H2,1-3H3. The molecule has 2 rings (SSSR count). The number of rotatable bonds is 5. The predicted octanol–water partition coefficient (Wildman–Crippen LogP) is 3.34. The number of hydrogen-bond donors (Lipinski definition) is 1. The predicted molar refractivity (Wildman–Crippen MR) is 84.4 cm³/mol. The summed E-state index contributed by atoms with van der Waals surface area (Å²) in [6, 6.07) is 5.97. The lowest BCUT2D eigenvalue weighted by atomic mass is 9.93. The Hall–Kier alpha value is -1.33. The van der Waals surface area contributed by atoms with E-state index in [1.54, 1.807) is 7.11 Å². The molecule has 0 aliphatic carbocycles. The van der Waals surface area contributed by atoms with Gasteiger partial charge in [-0.05, 0) is 18.1 Å². The number of methoxy groups -OCH3 is 1. The Labute approximate surface area is 128 Å². The van der Waals surface area contributed by atoms with E-state index >= 15 is 0 Å². The van der Waals surface area contributed by atoms with E-state index in [2.05, 4.69) is 39.3 Å². The smallest absolute Gasteiger partial charge is 0.122 e. The summed E-state index contributed by atoms with van der Waals surface area (Å²) in [7, 11) is 1.66. The van der Waals surface area contributed by atoms with E-state index in [9.17, 15) is 0 Å². The Balaban J connectivity index is 2.49. The molecule has 4 nitrogen and oxygen atoms in total. The lowest BCUT2D eigenvalue weighted by Gasteiger charge is -2.21. The first-order valence-electron chi connectivity index (χ1n) is 6.64. The van der Waals surface area contributed by atoms with Gasteiger partial charge in [-0.2, -0.15) is 0 Å². The molecule has 2 N–H and O–H groups in total. The third-order valence-electron chi connectivity index (χ3n) is 3.48. The average Bonchev–Trinajstić information content (AvgIpc) is 2.87. The van der Waals surface area contributed by atoms with E-state index in [4.69, 9.17) is 10.5 Å². The highest BCUT2D eigenvalue weighted by molar-refractivity contribution is 9.10. The highest BCUT2D eigenvalue weighted by Gasteiger charge is 2.19. The summed E-state index contributed by atoms with van der Waals surface area (Å²) in [5.74, 6) is 1.55. The quantitative estimate of drug-likeness (QED) is 0.910. The van der Waals surface area contributed by atoms with Crippen LogP contribution in [0.1, 0.15) is 25.5 Å². The number of nitrogens with two attached hydrogens (primary N) is 1. The molecule has 1 heterocycles. The summed E-state index contributed by atoms with van der Waals surface area (Å²) in [6.07, 6.45) is 3.71. The van der Waals surface area contributed by atoms with Crippen molar-refractivity contribution in [3.63, 3.8) is 0 Å². The Kier molecular flexibility index (Phi) is 4.83. The molecule has 20 heavy (non-hydrogen) atoms. The number of nitrogens with zero attached hydrogens (tertiary/aromatic N) is 2. The fourth-order valence-electron chi connectivity index (χ4n) is 2.33. The van der Waals surface area contributed by atoms with Crippen molar-refractivity contribution in [2.24, 2.45) is 11.7 Å². The summed E-state index contributed by atoms with van der Waals surface area (Å²) in [5.41, 5.74) is 8.07. The molecule has 0 fully saturated rings. The van der Waals surface area contributed by atoms with Gasteiger partial charge in [0.05, 0.1) is 19.1 Å². The van der Waals surface area contributed by atoms with Gasteiger partial charge >= 0.3 is 0 Å². The van der Waals surface area contributed by atoms with Crippen molar-refractivity contribution in [3.05, 3.63) is 40.9 Å². The normalized spacial score (nSPS) is 12.7. The molecule has 0 saturated carbocycles. The third-order valence-corrected chi connectivity index (χ3v) is 3.93. The summed E-state index contributed by atoms with van der Waals surface area (Å²) in [5, 5.41) is 0. The molecule has 0 aliphatic heterocycles. The van der Waals surface area contributed by atoms with Gasteiger partial charge in [-0.25, -0.2) is 4.98 Å². The van der Waals surface area contributed by atoms with Gasteiger partial charge < -0.3 is 15.0 Å². The van der Waals surface area contributed by atoms with Crippen LogP contribution in [0.4, 0.5) is 0 Å². The lowest BCUT2D eigenvalue weighted by molar-refractivity contribution is 0.414. The molecule has 1 atom stereocenters. The van der Waals surface area contributed by atoms with Crippen molar-refractivity contribution < 1.29 is 4.74 Å². The average molecular weight is 338 g/mol. The highest BCUT2D eigenvalue weighted by Crippen LogP contribution is 2.29. The SMILES string of the molecule is COc1cc(Br)cc(-n2cncc2C(CN)C(C)C)c1. The highest BCUT2D eigenvalue weighted by atomic mass is 79.9. The van der Waals surface area contributed by atoms with Crippen molar-refractivity contribution in [1.82, 2.24) is 9.55 Å². The number of hydrogen-bond acceptors (Lipinski definition) is 3. The third kappa shape index (κ3) is 3.04. The minimum Gasteiger partial charge on any atom is -0.497 e. The van der Waals surface area contributed by atoms with Gasteiger partial charge in [-0.3, -0.25) is 0 Å². The van der Waals surface area contributed by atoms with E-state index in [0.29, 0.717) is 12.5 Å². The summed E-state index contributed by atoms with van der Waals surface area (Å²) >= 11 is 3.51. The van der Waals surface area contributed by atoms with Gasteiger partial charge in [-0.1, -0.05) is 29.8 Å². The van der Waals surface area contributed by atoms with Crippen LogP contribution in [-0.2, 0) is 0 Å². The van der Waals surface area contributed by atoms with Crippen LogP contribution < -0.4 is 10.5 Å². The Bertz CT molecular complexity index is 580.